The second-order valence-electron chi connectivity index (χ2n) is 8.00. The minimum absolute atomic E-state index is 0.133. The zero-order valence-electron chi connectivity index (χ0n) is 19.4. The summed E-state index contributed by atoms with van der Waals surface area (Å²) in [7, 11) is 0. The first-order valence-corrected chi connectivity index (χ1v) is 11.5. The summed E-state index contributed by atoms with van der Waals surface area (Å²) in [5.74, 6) is -0.120. The van der Waals surface area contributed by atoms with E-state index in [0.717, 1.165) is 23.3 Å². The van der Waals surface area contributed by atoms with Crippen LogP contribution in [0.5, 0.6) is 11.5 Å². The summed E-state index contributed by atoms with van der Waals surface area (Å²) < 4.78 is 11.4. The highest BCUT2D eigenvalue weighted by Crippen LogP contribution is 2.25. The number of barbiturate groups is 1. The number of imide groups is 2. The van der Waals surface area contributed by atoms with Gasteiger partial charge in [0.05, 0.1) is 12.3 Å². The monoisotopic (exact) mass is 470 g/mol. The Morgan fingerprint density at radius 2 is 1.49 bits per heavy atom. The van der Waals surface area contributed by atoms with Gasteiger partial charge in [-0.25, -0.2) is 9.69 Å². The van der Waals surface area contributed by atoms with Crippen molar-refractivity contribution in [1.29, 1.82) is 0 Å². The Morgan fingerprint density at radius 1 is 0.829 bits per heavy atom. The Bertz CT molecular complexity index is 1220. The van der Waals surface area contributed by atoms with Gasteiger partial charge in [0.1, 0.15) is 23.7 Å². The molecule has 178 valence electrons. The van der Waals surface area contributed by atoms with E-state index >= 15 is 0 Å². The van der Waals surface area contributed by atoms with Crippen molar-refractivity contribution < 1.29 is 23.9 Å². The van der Waals surface area contributed by atoms with Gasteiger partial charge in [-0.15, -0.1) is 0 Å². The van der Waals surface area contributed by atoms with E-state index in [9.17, 15) is 14.4 Å². The van der Waals surface area contributed by atoms with E-state index in [1.54, 1.807) is 48.5 Å². The number of benzene rings is 3. The molecule has 35 heavy (non-hydrogen) atoms. The lowest BCUT2D eigenvalue weighted by Crippen LogP contribution is -2.54. The number of urea groups is 1. The molecule has 0 radical (unpaired) electrons. The van der Waals surface area contributed by atoms with Gasteiger partial charge in [0.25, 0.3) is 11.8 Å². The van der Waals surface area contributed by atoms with Crippen molar-refractivity contribution in [3.63, 3.8) is 0 Å². The fourth-order valence-corrected chi connectivity index (χ4v) is 3.49. The third-order valence-electron chi connectivity index (χ3n) is 5.40. The predicted molar refractivity (Wildman–Crippen MR) is 133 cm³/mol. The number of anilines is 1. The number of rotatable bonds is 9. The van der Waals surface area contributed by atoms with Crippen LogP contribution < -0.4 is 19.7 Å². The van der Waals surface area contributed by atoms with Crippen LogP contribution in [-0.2, 0) is 16.2 Å². The highest BCUT2D eigenvalue weighted by Gasteiger charge is 2.36. The van der Waals surface area contributed by atoms with Crippen LogP contribution in [0, 0.1) is 0 Å². The number of nitrogens with zero attached hydrogens (tertiary/aromatic N) is 1. The maximum absolute atomic E-state index is 13.1. The van der Waals surface area contributed by atoms with Crippen LogP contribution in [0.1, 0.15) is 30.9 Å². The summed E-state index contributed by atoms with van der Waals surface area (Å²) in [5.41, 5.74) is 1.89. The Labute approximate surface area is 204 Å². The molecule has 0 aromatic heterocycles. The van der Waals surface area contributed by atoms with E-state index in [0.29, 0.717) is 36.0 Å². The van der Waals surface area contributed by atoms with Gasteiger partial charge >= 0.3 is 6.03 Å². The lowest BCUT2D eigenvalue weighted by molar-refractivity contribution is -0.122. The van der Waals surface area contributed by atoms with Crippen molar-refractivity contribution in [2.75, 3.05) is 11.5 Å². The smallest absolute Gasteiger partial charge is 0.335 e. The molecule has 3 aromatic rings. The number of nitrogens with one attached hydrogen (secondary N) is 1. The summed E-state index contributed by atoms with van der Waals surface area (Å²) in [6.07, 6.45) is 3.42. The predicted octanol–water partition coefficient (Wildman–Crippen LogP) is 5.11. The maximum Gasteiger partial charge on any atom is 0.335 e. The fourth-order valence-electron chi connectivity index (χ4n) is 3.49. The zero-order chi connectivity index (χ0) is 24.6. The summed E-state index contributed by atoms with van der Waals surface area (Å²) in [5, 5.41) is 2.24. The number of unbranched alkanes of at least 4 members (excludes halogenated alkanes) is 1. The van der Waals surface area contributed by atoms with Crippen molar-refractivity contribution in [1.82, 2.24) is 5.32 Å². The summed E-state index contributed by atoms with van der Waals surface area (Å²) in [4.78, 5) is 38.9. The van der Waals surface area contributed by atoms with Crippen LogP contribution in [-0.4, -0.2) is 24.5 Å². The van der Waals surface area contributed by atoms with Crippen molar-refractivity contribution in [2.45, 2.75) is 26.4 Å². The Balaban J connectivity index is 1.47. The molecule has 1 aliphatic heterocycles. The second kappa shape index (κ2) is 11.2. The van der Waals surface area contributed by atoms with E-state index in [4.69, 9.17) is 9.47 Å². The summed E-state index contributed by atoms with van der Waals surface area (Å²) >= 11 is 0. The molecule has 0 unspecified atom stereocenters. The van der Waals surface area contributed by atoms with E-state index < -0.39 is 17.8 Å². The van der Waals surface area contributed by atoms with Crippen LogP contribution in [0.2, 0.25) is 0 Å². The minimum Gasteiger partial charge on any atom is -0.494 e. The number of ether oxygens (including phenoxy) is 2. The summed E-state index contributed by atoms with van der Waals surface area (Å²) in [6.45, 7) is 3.10. The van der Waals surface area contributed by atoms with Crippen molar-refractivity contribution in [2.24, 2.45) is 0 Å². The molecule has 1 fully saturated rings. The molecular weight excluding hydrogens is 444 g/mol. The molecule has 0 saturated carbocycles. The molecule has 0 spiro atoms. The van der Waals surface area contributed by atoms with Crippen LogP contribution in [0.4, 0.5) is 10.5 Å². The first-order valence-electron chi connectivity index (χ1n) is 11.5. The molecule has 0 bridgehead atoms. The van der Waals surface area contributed by atoms with Crippen LogP contribution >= 0.6 is 0 Å². The molecule has 7 heteroatoms. The zero-order valence-corrected chi connectivity index (χ0v) is 19.4. The normalized spacial score (nSPS) is 14.7. The molecular formula is C28H26N2O5. The Kier molecular flexibility index (Phi) is 7.57. The van der Waals surface area contributed by atoms with Gasteiger partial charge in [0, 0.05) is 0 Å². The third-order valence-corrected chi connectivity index (χ3v) is 5.40. The Hall–Kier alpha value is -4.39. The first kappa shape index (κ1) is 23.8. The van der Waals surface area contributed by atoms with E-state index in [2.05, 4.69) is 12.2 Å². The molecule has 4 amide bonds. The SMILES string of the molecule is CCCCOc1ccc(N2C(=O)NC(=O)/C(=C/c3ccc(OCc4ccccc4)cc3)C2=O)cc1. The largest absolute Gasteiger partial charge is 0.494 e. The van der Waals surface area contributed by atoms with Crippen molar-refractivity contribution in [3.8, 4) is 11.5 Å². The van der Waals surface area contributed by atoms with Gasteiger partial charge < -0.3 is 9.47 Å². The topological polar surface area (TPSA) is 84.9 Å². The van der Waals surface area contributed by atoms with E-state index in [1.165, 1.54) is 6.08 Å². The summed E-state index contributed by atoms with van der Waals surface area (Å²) in [6, 6.07) is 22.7. The van der Waals surface area contributed by atoms with Gasteiger partial charge in [-0.3, -0.25) is 14.9 Å². The average molecular weight is 471 g/mol. The number of hydrogen-bond acceptors (Lipinski definition) is 5. The molecule has 0 atom stereocenters. The second-order valence-corrected chi connectivity index (χ2v) is 8.00. The van der Waals surface area contributed by atoms with Crippen molar-refractivity contribution in [3.05, 3.63) is 95.6 Å². The molecule has 1 saturated heterocycles. The number of amides is 4. The molecule has 1 heterocycles. The van der Waals surface area contributed by atoms with Gasteiger partial charge in [-0.05, 0) is 60.0 Å². The quantitative estimate of drug-likeness (QED) is 0.267. The van der Waals surface area contributed by atoms with Gasteiger partial charge in [-0.1, -0.05) is 55.8 Å². The lowest BCUT2D eigenvalue weighted by atomic mass is 10.1. The molecule has 3 aromatic carbocycles. The van der Waals surface area contributed by atoms with Crippen molar-refractivity contribution >= 4 is 29.6 Å². The van der Waals surface area contributed by atoms with E-state index in [-0.39, 0.29) is 5.57 Å². The standard InChI is InChI=1S/C28H26N2O5/c1-2-3-17-34-23-15-11-22(12-16-23)30-27(32)25(26(31)29-28(30)33)18-20-9-13-24(14-10-20)35-19-21-7-5-4-6-8-21/h4-16,18H,2-3,17,19H2,1H3,(H,29,31,33)/b25-18-. The van der Waals surface area contributed by atoms with Crippen LogP contribution in [0.3, 0.4) is 0 Å². The number of carbonyl (C=O) groups excluding carboxylic acids is 3. The van der Waals surface area contributed by atoms with Gasteiger partial charge in [0.15, 0.2) is 0 Å². The van der Waals surface area contributed by atoms with Crippen LogP contribution in [0.25, 0.3) is 6.08 Å². The maximum atomic E-state index is 13.1. The lowest BCUT2D eigenvalue weighted by Gasteiger charge is -2.26. The molecule has 7 nitrogen and oxygen atoms in total. The van der Waals surface area contributed by atoms with E-state index in [1.807, 2.05) is 30.3 Å². The molecule has 0 aliphatic carbocycles. The third kappa shape index (κ3) is 5.95. The highest BCUT2D eigenvalue weighted by molar-refractivity contribution is 6.39. The van der Waals surface area contributed by atoms with Gasteiger partial charge in [-0.2, -0.15) is 0 Å². The Morgan fingerprint density at radius 3 is 2.17 bits per heavy atom. The molecule has 4 rings (SSSR count). The average Bonchev–Trinajstić information content (AvgIpc) is 2.87. The van der Waals surface area contributed by atoms with Gasteiger partial charge in [0.2, 0.25) is 0 Å². The fraction of sp³-hybridized carbons (Fsp3) is 0.179. The van der Waals surface area contributed by atoms with Crippen LogP contribution in [0.15, 0.2) is 84.4 Å². The minimum atomic E-state index is -0.790. The number of carbonyl (C=O) groups is 3. The number of hydrogen-bond donors (Lipinski definition) is 1. The molecule has 1 aliphatic rings. The highest BCUT2D eigenvalue weighted by atomic mass is 16.5. The first-order chi connectivity index (χ1) is 17.0. The molecule has 1 N–H and O–H groups in total.